The number of hydrogen-bond acceptors (Lipinski definition) is 6. The Morgan fingerprint density at radius 2 is 1.39 bits per heavy atom. The highest BCUT2D eigenvalue weighted by atomic mass is 32.2. The molecular formula is C24H26N2O6S. The van der Waals surface area contributed by atoms with Crippen molar-refractivity contribution < 1.29 is 27.4 Å². The van der Waals surface area contributed by atoms with Crippen molar-refractivity contribution in [2.75, 3.05) is 38.7 Å². The minimum Gasteiger partial charge on any atom is -0.493 e. The number of rotatable bonds is 10. The molecule has 3 aromatic carbocycles. The number of benzene rings is 3. The summed E-state index contributed by atoms with van der Waals surface area (Å²) in [5.74, 6) is 0.666. The maximum Gasteiger partial charge on any atom is 0.264 e. The van der Waals surface area contributed by atoms with Gasteiger partial charge in [0.2, 0.25) is 5.75 Å². The van der Waals surface area contributed by atoms with E-state index < -0.39 is 15.9 Å². The van der Waals surface area contributed by atoms with Crippen LogP contribution in [0.5, 0.6) is 17.2 Å². The van der Waals surface area contributed by atoms with Crippen LogP contribution in [0.1, 0.15) is 10.4 Å². The van der Waals surface area contributed by atoms with Crippen LogP contribution >= 0.6 is 0 Å². The number of ether oxygens (including phenoxy) is 3. The molecule has 0 heterocycles. The van der Waals surface area contributed by atoms with Gasteiger partial charge in [-0.25, -0.2) is 8.42 Å². The zero-order chi connectivity index (χ0) is 23.8. The summed E-state index contributed by atoms with van der Waals surface area (Å²) in [4.78, 5) is 13.0. The SMILES string of the molecule is COc1cc(C(=O)NCCN(c2ccccc2)S(=O)(=O)c2ccccc2)cc(OC)c1OC. The molecule has 33 heavy (non-hydrogen) atoms. The molecule has 0 aliphatic rings. The molecule has 174 valence electrons. The van der Waals surface area contributed by atoms with Crippen molar-refractivity contribution in [2.45, 2.75) is 4.90 Å². The monoisotopic (exact) mass is 470 g/mol. The number of nitrogens with zero attached hydrogens (tertiary/aromatic N) is 1. The van der Waals surface area contributed by atoms with Gasteiger partial charge in [0.15, 0.2) is 11.5 Å². The van der Waals surface area contributed by atoms with Gasteiger partial charge in [0.05, 0.1) is 38.5 Å². The van der Waals surface area contributed by atoms with Crippen LogP contribution in [0.2, 0.25) is 0 Å². The lowest BCUT2D eigenvalue weighted by atomic mass is 10.1. The van der Waals surface area contributed by atoms with Crippen molar-refractivity contribution in [3.8, 4) is 17.2 Å². The third-order valence-electron chi connectivity index (χ3n) is 4.90. The Labute approximate surface area is 193 Å². The lowest BCUT2D eigenvalue weighted by Crippen LogP contribution is -2.38. The second-order valence-electron chi connectivity index (χ2n) is 6.90. The van der Waals surface area contributed by atoms with E-state index in [9.17, 15) is 13.2 Å². The Bertz CT molecular complexity index is 1160. The molecule has 3 aromatic rings. The third-order valence-corrected chi connectivity index (χ3v) is 6.74. The van der Waals surface area contributed by atoms with E-state index in [1.165, 1.54) is 37.8 Å². The van der Waals surface area contributed by atoms with Gasteiger partial charge in [-0.15, -0.1) is 0 Å². The highest BCUT2D eigenvalue weighted by Crippen LogP contribution is 2.38. The van der Waals surface area contributed by atoms with E-state index in [0.717, 1.165) is 0 Å². The molecule has 0 aliphatic heterocycles. The van der Waals surface area contributed by atoms with Gasteiger partial charge in [-0.1, -0.05) is 36.4 Å². The molecule has 0 unspecified atom stereocenters. The van der Waals surface area contributed by atoms with Crippen molar-refractivity contribution in [3.63, 3.8) is 0 Å². The molecule has 0 fully saturated rings. The molecule has 0 aromatic heterocycles. The van der Waals surface area contributed by atoms with E-state index >= 15 is 0 Å². The number of hydrogen-bond donors (Lipinski definition) is 1. The van der Waals surface area contributed by atoms with Crippen molar-refractivity contribution in [3.05, 3.63) is 78.4 Å². The quantitative estimate of drug-likeness (QED) is 0.489. The van der Waals surface area contributed by atoms with Crippen molar-refractivity contribution in [2.24, 2.45) is 0 Å². The van der Waals surface area contributed by atoms with Gasteiger partial charge >= 0.3 is 0 Å². The molecule has 0 aliphatic carbocycles. The standard InChI is InChI=1S/C24H26N2O6S/c1-30-21-16-18(17-22(31-2)23(21)32-3)24(27)25-14-15-26(19-10-6-4-7-11-19)33(28,29)20-12-8-5-9-13-20/h4-13,16-17H,14-15H2,1-3H3,(H,25,27). The number of para-hydroxylation sites is 1. The molecule has 8 nitrogen and oxygen atoms in total. The summed E-state index contributed by atoms with van der Waals surface area (Å²) in [5.41, 5.74) is 0.796. The van der Waals surface area contributed by atoms with Crippen LogP contribution in [0.3, 0.4) is 0 Å². The van der Waals surface area contributed by atoms with E-state index in [0.29, 0.717) is 28.5 Å². The molecular weight excluding hydrogens is 444 g/mol. The Balaban J connectivity index is 1.81. The van der Waals surface area contributed by atoms with E-state index in [4.69, 9.17) is 14.2 Å². The van der Waals surface area contributed by atoms with Gasteiger partial charge in [0, 0.05) is 12.1 Å². The largest absolute Gasteiger partial charge is 0.493 e. The average Bonchev–Trinajstić information content (AvgIpc) is 2.86. The topological polar surface area (TPSA) is 94.2 Å². The van der Waals surface area contributed by atoms with Gasteiger partial charge in [0.1, 0.15) is 0 Å². The molecule has 9 heteroatoms. The maximum absolute atomic E-state index is 13.3. The molecule has 0 radical (unpaired) electrons. The molecule has 0 saturated heterocycles. The zero-order valence-corrected chi connectivity index (χ0v) is 19.5. The predicted molar refractivity (Wildman–Crippen MR) is 126 cm³/mol. The van der Waals surface area contributed by atoms with Crippen LogP contribution < -0.4 is 23.8 Å². The first kappa shape index (κ1) is 23.9. The molecule has 3 rings (SSSR count). The summed E-state index contributed by atoms with van der Waals surface area (Å²) in [7, 11) is 0.583. The molecule has 0 atom stereocenters. The van der Waals surface area contributed by atoms with Crippen molar-refractivity contribution in [1.82, 2.24) is 5.32 Å². The van der Waals surface area contributed by atoms with E-state index in [1.807, 2.05) is 6.07 Å². The summed E-state index contributed by atoms with van der Waals surface area (Å²) in [6.07, 6.45) is 0. The minimum atomic E-state index is -3.82. The second-order valence-corrected chi connectivity index (χ2v) is 8.76. The predicted octanol–water partition coefficient (Wildman–Crippen LogP) is 3.34. The van der Waals surface area contributed by atoms with Gasteiger partial charge < -0.3 is 19.5 Å². The molecule has 0 saturated carbocycles. The zero-order valence-electron chi connectivity index (χ0n) is 18.6. The van der Waals surface area contributed by atoms with Crippen LogP contribution in [0.15, 0.2) is 77.7 Å². The highest BCUT2D eigenvalue weighted by Gasteiger charge is 2.25. The first-order valence-electron chi connectivity index (χ1n) is 10.1. The minimum absolute atomic E-state index is 0.0391. The Morgan fingerprint density at radius 1 is 0.848 bits per heavy atom. The van der Waals surface area contributed by atoms with Crippen molar-refractivity contribution in [1.29, 1.82) is 0 Å². The van der Waals surface area contributed by atoms with E-state index in [2.05, 4.69) is 5.32 Å². The van der Waals surface area contributed by atoms with Crippen LogP contribution in [-0.4, -0.2) is 48.7 Å². The highest BCUT2D eigenvalue weighted by molar-refractivity contribution is 7.92. The number of methoxy groups -OCH3 is 3. The summed E-state index contributed by atoms with van der Waals surface area (Å²) in [6, 6.07) is 20.0. The summed E-state index contributed by atoms with van der Waals surface area (Å²) in [6.45, 7) is 0.119. The number of anilines is 1. The first-order valence-corrected chi connectivity index (χ1v) is 11.6. The van der Waals surface area contributed by atoms with Crippen LogP contribution in [0.25, 0.3) is 0 Å². The van der Waals surface area contributed by atoms with E-state index in [1.54, 1.807) is 54.6 Å². The summed E-state index contributed by atoms with van der Waals surface area (Å²) in [5, 5.41) is 2.77. The second kappa shape index (κ2) is 10.7. The number of nitrogens with one attached hydrogen (secondary N) is 1. The smallest absolute Gasteiger partial charge is 0.264 e. The van der Waals surface area contributed by atoms with Crippen molar-refractivity contribution >= 4 is 21.6 Å². The van der Waals surface area contributed by atoms with Crippen LogP contribution in [0, 0.1) is 0 Å². The fourth-order valence-electron chi connectivity index (χ4n) is 3.29. The van der Waals surface area contributed by atoms with Crippen LogP contribution in [-0.2, 0) is 10.0 Å². The Hall–Kier alpha value is -3.72. The van der Waals surface area contributed by atoms with Gasteiger partial charge in [-0.2, -0.15) is 0 Å². The summed E-state index contributed by atoms with van der Waals surface area (Å²) < 4.78 is 43.7. The lowest BCUT2D eigenvalue weighted by molar-refractivity contribution is 0.0954. The number of carbonyl (C=O) groups excluding carboxylic acids is 1. The fraction of sp³-hybridized carbons (Fsp3) is 0.208. The van der Waals surface area contributed by atoms with Crippen LogP contribution in [0.4, 0.5) is 5.69 Å². The molecule has 1 amide bonds. The van der Waals surface area contributed by atoms with Gasteiger partial charge in [-0.3, -0.25) is 9.10 Å². The average molecular weight is 471 g/mol. The fourth-order valence-corrected chi connectivity index (χ4v) is 4.77. The van der Waals surface area contributed by atoms with E-state index in [-0.39, 0.29) is 18.0 Å². The Kier molecular flexibility index (Phi) is 7.78. The number of carbonyl (C=O) groups is 1. The molecule has 0 spiro atoms. The molecule has 0 bridgehead atoms. The normalized spacial score (nSPS) is 10.9. The van der Waals surface area contributed by atoms with Gasteiger partial charge in [-0.05, 0) is 36.4 Å². The maximum atomic E-state index is 13.3. The molecule has 1 N–H and O–H groups in total. The number of sulfonamides is 1. The third kappa shape index (κ3) is 5.38. The number of amides is 1. The van der Waals surface area contributed by atoms with Gasteiger partial charge in [0.25, 0.3) is 15.9 Å². The summed E-state index contributed by atoms with van der Waals surface area (Å²) >= 11 is 0. The Morgan fingerprint density at radius 3 is 1.91 bits per heavy atom. The first-order chi connectivity index (χ1) is 15.9. The lowest BCUT2D eigenvalue weighted by Gasteiger charge is -2.24.